The van der Waals surface area contributed by atoms with Crippen LogP contribution >= 0.6 is 0 Å². The zero-order valence-electron chi connectivity index (χ0n) is 10.7. The number of hydrazine groups is 1. The number of nitrogen functional groups attached to an aromatic ring is 1. The largest absolute Gasteiger partial charge is 0.381 e. The van der Waals surface area contributed by atoms with Crippen molar-refractivity contribution in [2.75, 3.05) is 18.8 Å². The van der Waals surface area contributed by atoms with Gasteiger partial charge >= 0.3 is 0 Å². The van der Waals surface area contributed by atoms with Crippen molar-refractivity contribution in [1.29, 1.82) is 0 Å². The van der Waals surface area contributed by atoms with Crippen molar-refractivity contribution in [3.05, 3.63) is 5.69 Å². The average molecular weight is 273 g/mol. The molecule has 1 aromatic heterocycles. The quantitative estimate of drug-likeness (QED) is 0.808. The number of nitrogens with one attached hydrogen (secondary N) is 1. The Labute approximate surface area is 107 Å². The molecule has 0 aromatic carbocycles. The number of sulfonamides is 1. The number of nitrogens with two attached hydrogens (primary N) is 1. The van der Waals surface area contributed by atoms with Crippen LogP contribution in [0.25, 0.3) is 0 Å². The Morgan fingerprint density at radius 3 is 2.39 bits per heavy atom. The van der Waals surface area contributed by atoms with Gasteiger partial charge in [-0.2, -0.15) is 5.10 Å². The van der Waals surface area contributed by atoms with E-state index in [1.54, 1.807) is 19.0 Å². The number of rotatable bonds is 3. The van der Waals surface area contributed by atoms with E-state index in [2.05, 4.69) is 9.93 Å². The number of aromatic nitrogens is 2. The summed E-state index contributed by atoms with van der Waals surface area (Å²) in [6.07, 6.45) is 3.15. The van der Waals surface area contributed by atoms with E-state index in [0.29, 0.717) is 5.69 Å². The third-order valence-corrected chi connectivity index (χ3v) is 4.72. The first-order valence-corrected chi connectivity index (χ1v) is 7.46. The van der Waals surface area contributed by atoms with E-state index < -0.39 is 10.0 Å². The highest BCUT2D eigenvalue weighted by atomic mass is 32.2. The van der Waals surface area contributed by atoms with Gasteiger partial charge in [0.05, 0.1) is 5.69 Å². The van der Waals surface area contributed by atoms with Gasteiger partial charge in [-0.15, -0.1) is 4.83 Å². The molecule has 102 valence electrons. The Morgan fingerprint density at radius 1 is 1.28 bits per heavy atom. The molecular weight excluding hydrogens is 254 g/mol. The summed E-state index contributed by atoms with van der Waals surface area (Å²) in [5.41, 5.74) is 6.20. The topological polar surface area (TPSA) is 93.2 Å². The second-order valence-corrected chi connectivity index (χ2v) is 6.16. The van der Waals surface area contributed by atoms with Gasteiger partial charge in [-0.25, -0.2) is 13.4 Å². The highest BCUT2D eigenvalue weighted by molar-refractivity contribution is 7.89. The van der Waals surface area contributed by atoms with E-state index in [4.69, 9.17) is 5.73 Å². The molecule has 0 bridgehead atoms. The molecule has 2 rings (SSSR count). The highest BCUT2D eigenvalue weighted by Crippen LogP contribution is 2.21. The Balaban J connectivity index is 2.24. The van der Waals surface area contributed by atoms with Crippen LogP contribution in [0.3, 0.4) is 0 Å². The van der Waals surface area contributed by atoms with Crippen molar-refractivity contribution in [2.45, 2.75) is 31.1 Å². The molecule has 18 heavy (non-hydrogen) atoms. The minimum atomic E-state index is -3.63. The molecule has 8 heteroatoms. The van der Waals surface area contributed by atoms with Crippen molar-refractivity contribution in [3.8, 4) is 0 Å². The molecular formula is C10H19N5O2S. The Hall–Kier alpha value is -1.12. The molecule has 0 atom stereocenters. The molecule has 0 amide bonds. The number of nitrogens with zero attached hydrogens (tertiary/aromatic N) is 3. The highest BCUT2D eigenvalue weighted by Gasteiger charge is 2.27. The first-order valence-electron chi connectivity index (χ1n) is 5.98. The summed E-state index contributed by atoms with van der Waals surface area (Å²) >= 11 is 0. The van der Waals surface area contributed by atoms with Gasteiger partial charge in [-0.1, -0.05) is 6.42 Å². The Bertz CT molecular complexity index is 531. The molecule has 0 aliphatic carbocycles. The van der Waals surface area contributed by atoms with E-state index in [0.717, 1.165) is 32.4 Å². The number of hydrogen-bond donors (Lipinski definition) is 2. The van der Waals surface area contributed by atoms with Gasteiger partial charge in [0.1, 0.15) is 4.90 Å². The standard InChI is InChI=1S/C10H19N5O2S/c1-8-9(10(11)12-14(8)2)18(16,17)13-15-6-4-3-5-7-15/h13H,3-7H2,1-2H3,(H2,11,12). The van der Waals surface area contributed by atoms with Crippen LogP contribution in [0.5, 0.6) is 0 Å². The number of piperidine rings is 1. The summed E-state index contributed by atoms with van der Waals surface area (Å²) in [5, 5.41) is 5.65. The lowest BCUT2D eigenvalue weighted by Gasteiger charge is -2.26. The van der Waals surface area contributed by atoms with Gasteiger partial charge in [0.2, 0.25) is 0 Å². The van der Waals surface area contributed by atoms with E-state index >= 15 is 0 Å². The van der Waals surface area contributed by atoms with E-state index in [1.165, 1.54) is 4.68 Å². The lowest BCUT2D eigenvalue weighted by molar-refractivity contribution is 0.200. The second-order valence-electron chi connectivity index (χ2n) is 4.57. The van der Waals surface area contributed by atoms with Crippen LogP contribution in [0.1, 0.15) is 25.0 Å². The van der Waals surface area contributed by atoms with Gasteiger partial charge in [0.15, 0.2) is 5.82 Å². The van der Waals surface area contributed by atoms with Gasteiger partial charge in [-0.05, 0) is 19.8 Å². The molecule has 1 saturated heterocycles. The van der Waals surface area contributed by atoms with Crippen LogP contribution in [0.2, 0.25) is 0 Å². The molecule has 1 aliphatic rings. The van der Waals surface area contributed by atoms with E-state index in [9.17, 15) is 8.42 Å². The fourth-order valence-corrected chi connectivity index (χ4v) is 3.60. The fourth-order valence-electron chi connectivity index (χ4n) is 2.15. The summed E-state index contributed by atoms with van der Waals surface area (Å²) in [7, 11) is -1.96. The average Bonchev–Trinajstić information content (AvgIpc) is 2.54. The van der Waals surface area contributed by atoms with Crippen LogP contribution < -0.4 is 10.6 Å². The summed E-state index contributed by atoms with van der Waals surface area (Å²) in [4.78, 5) is 2.66. The van der Waals surface area contributed by atoms with E-state index in [1.807, 2.05) is 0 Å². The maximum Gasteiger partial charge on any atom is 0.258 e. The third kappa shape index (κ3) is 2.50. The maximum absolute atomic E-state index is 12.3. The minimum absolute atomic E-state index is 0.0412. The van der Waals surface area contributed by atoms with Crippen LogP contribution in [0.4, 0.5) is 5.82 Å². The van der Waals surface area contributed by atoms with Crippen LogP contribution in [-0.4, -0.2) is 36.3 Å². The predicted molar refractivity (Wildman–Crippen MR) is 68.1 cm³/mol. The maximum atomic E-state index is 12.3. The zero-order chi connectivity index (χ0) is 13.3. The summed E-state index contributed by atoms with van der Waals surface area (Å²) in [6.45, 7) is 3.16. The molecule has 0 saturated carbocycles. The first kappa shape index (κ1) is 13.3. The smallest absolute Gasteiger partial charge is 0.258 e. The molecule has 0 spiro atoms. The number of anilines is 1. The van der Waals surface area contributed by atoms with Crippen molar-refractivity contribution >= 4 is 15.8 Å². The molecule has 7 nitrogen and oxygen atoms in total. The molecule has 1 fully saturated rings. The van der Waals surface area contributed by atoms with Crippen molar-refractivity contribution < 1.29 is 8.42 Å². The molecule has 2 heterocycles. The first-order chi connectivity index (χ1) is 8.42. The molecule has 0 radical (unpaired) electrons. The van der Waals surface area contributed by atoms with Gasteiger partial charge in [0.25, 0.3) is 10.0 Å². The lowest BCUT2D eigenvalue weighted by Crippen LogP contribution is -2.45. The normalized spacial score (nSPS) is 18.1. The Kier molecular flexibility index (Phi) is 3.60. The van der Waals surface area contributed by atoms with Crippen molar-refractivity contribution in [2.24, 2.45) is 7.05 Å². The lowest BCUT2D eigenvalue weighted by atomic mass is 10.2. The van der Waals surface area contributed by atoms with E-state index in [-0.39, 0.29) is 10.7 Å². The van der Waals surface area contributed by atoms with Crippen molar-refractivity contribution in [1.82, 2.24) is 19.6 Å². The van der Waals surface area contributed by atoms with Crippen LogP contribution in [0.15, 0.2) is 4.90 Å². The summed E-state index contributed by atoms with van der Waals surface area (Å²) in [6, 6.07) is 0. The number of hydrogen-bond acceptors (Lipinski definition) is 5. The van der Waals surface area contributed by atoms with Gasteiger partial charge in [-0.3, -0.25) is 4.68 Å². The summed E-state index contributed by atoms with van der Waals surface area (Å²) in [5.74, 6) is 0.0412. The summed E-state index contributed by atoms with van der Waals surface area (Å²) < 4.78 is 26.0. The molecule has 1 aliphatic heterocycles. The molecule has 0 unspecified atom stereocenters. The zero-order valence-corrected chi connectivity index (χ0v) is 11.5. The molecule has 3 N–H and O–H groups in total. The Morgan fingerprint density at radius 2 is 1.89 bits per heavy atom. The predicted octanol–water partition coefficient (Wildman–Crippen LogP) is -0.0101. The van der Waals surface area contributed by atoms with Crippen LogP contribution in [0, 0.1) is 6.92 Å². The third-order valence-electron chi connectivity index (χ3n) is 3.18. The fraction of sp³-hybridized carbons (Fsp3) is 0.700. The monoisotopic (exact) mass is 273 g/mol. The second kappa shape index (κ2) is 4.87. The van der Waals surface area contributed by atoms with Gasteiger partial charge < -0.3 is 5.73 Å². The minimum Gasteiger partial charge on any atom is -0.381 e. The molecule has 1 aromatic rings. The van der Waals surface area contributed by atoms with Gasteiger partial charge in [0, 0.05) is 20.1 Å². The SMILES string of the molecule is Cc1c(S(=O)(=O)NN2CCCCC2)c(N)nn1C. The van der Waals surface area contributed by atoms with Crippen molar-refractivity contribution in [3.63, 3.8) is 0 Å². The number of aryl methyl sites for hydroxylation is 1. The van der Waals surface area contributed by atoms with Crippen LogP contribution in [-0.2, 0) is 17.1 Å².